The number of nitrogens with zero attached hydrogens (tertiary/aromatic N) is 2. The van der Waals surface area contributed by atoms with Gasteiger partial charge in [-0.15, -0.1) is 0 Å². The van der Waals surface area contributed by atoms with E-state index < -0.39 is 74.6 Å². The Bertz CT molecular complexity index is 1580. The second kappa shape index (κ2) is 17.5. The van der Waals surface area contributed by atoms with Crippen LogP contribution in [0.1, 0.15) is 96.2 Å². The second-order valence-electron chi connectivity index (χ2n) is 15.3. The van der Waals surface area contributed by atoms with Crippen molar-refractivity contribution >= 4 is 38.7 Å². The number of rotatable bonds is 18. The van der Waals surface area contributed by atoms with Gasteiger partial charge in [-0.2, -0.15) is 20.7 Å². The number of ether oxygens (including phenoxy) is 2. The second-order valence-corrected chi connectivity index (χ2v) is 24.7. The van der Waals surface area contributed by atoms with Crippen molar-refractivity contribution in [2.24, 2.45) is 5.41 Å². The topological polar surface area (TPSA) is 183 Å². The summed E-state index contributed by atoms with van der Waals surface area (Å²) in [7, 11) is -10.3. The summed E-state index contributed by atoms with van der Waals surface area (Å²) in [5, 5.41) is 2.36. The summed E-state index contributed by atoms with van der Waals surface area (Å²) >= 11 is 0. The number of nitrogen functional groups attached to an aromatic ring is 1. The van der Waals surface area contributed by atoms with E-state index in [1.54, 1.807) is 44.2 Å². The molecule has 4 N–H and O–H groups in total. The first-order valence-corrected chi connectivity index (χ1v) is 23.0. The quantitative estimate of drug-likeness (QED) is 0.0799. The van der Waals surface area contributed by atoms with E-state index in [0.29, 0.717) is 0 Å². The van der Waals surface area contributed by atoms with Gasteiger partial charge in [0.2, 0.25) is 0 Å². The van der Waals surface area contributed by atoms with Crippen LogP contribution < -0.4 is 21.0 Å². The minimum atomic E-state index is -4.31. The molecule has 3 rings (SSSR count). The molecule has 0 aliphatic carbocycles. The Morgan fingerprint density at radius 3 is 2.12 bits per heavy atom. The fourth-order valence-electron chi connectivity index (χ4n) is 6.09. The van der Waals surface area contributed by atoms with Gasteiger partial charge in [-0.3, -0.25) is 21.9 Å². The van der Waals surface area contributed by atoms with Crippen LogP contribution >= 0.6 is 18.3 Å². The van der Waals surface area contributed by atoms with Crippen LogP contribution in [0.4, 0.5) is 5.82 Å². The van der Waals surface area contributed by atoms with Gasteiger partial charge in [-0.05, 0) is 77.7 Å². The number of carbonyl (C=O) groups excluding carboxylic acids is 1. The number of hydrogen-bond acceptors (Lipinski definition) is 12. The highest BCUT2D eigenvalue weighted by atomic mass is 32.3. The first-order valence-electron chi connectivity index (χ1n) is 17.9. The number of carbonyl (C=O) groups is 1. The average molecular weight is 789 g/mol. The Hall–Kier alpha value is -2.27. The standard InChI is InChI=1S/C35H61N4O10PSSi/c1-22(2)45-32(40)27(11)38-50(42,47-28-17-15-14-16-18-28)44-21-29-31(35(12,13)33(46-29)39-20-19-30(36)37-34(39)41)48-51(23(3)4,24(5)6)49-52(43,25(7)8)26(9)10/h14-20,22-27,29,31,33,43H,21H2,1-13H3,(H,38,42)(H2,36,37,41). The number of nitrogens with two attached hydrogens (primary N) is 1. The maximum absolute atomic E-state index is 14.5. The predicted molar refractivity (Wildman–Crippen MR) is 207 cm³/mol. The Labute approximate surface area is 312 Å². The lowest BCUT2D eigenvalue weighted by Crippen LogP contribution is -2.50. The van der Waals surface area contributed by atoms with E-state index in [0.717, 1.165) is 0 Å². The Morgan fingerprint density at radius 2 is 1.62 bits per heavy atom. The maximum Gasteiger partial charge on any atom is 0.459 e. The normalized spacial score (nSPS) is 21.6. The molecule has 2 heterocycles. The van der Waals surface area contributed by atoms with E-state index in [1.807, 2.05) is 69.2 Å². The van der Waals surface area contributed by atoms with E-state index in [2.05, 4.69) is 10.1 Å². The first-order chi connectivity index (χ1) is 24.0. The lowest BCUT2D eigenvalue weighted by molar-refractivity contribution is -0.149. The molecule has 1 aromatic carbocycles. The summed E-state index contributed by atoms with van der Waals surface area (Å²) in [6, 6.07) is 8.86. The molecule has 0 radical (unpaired) electrons. The number of anilines is 1. The fraction of sp³-hybridized carbons (Fsp3) is 0.686. The van der Waals surface area contributed by atoms with Crippen LogP contribution in [-0.2, 0) is 31.4 Å². The number of esters is 1. The molecule has 5 unspecified atom stereocenters. The largest absolute Gasteiger partial charge is 0.462 e. The molecule has 0 spiro atoms. The minimum Gasteiger partial charge on any atom is -0.462 e. The van der Waals surface area contributed by atoms with Crippen LogP contribution in [0, 0.1) is 5.41 Å². The van der Waals surface area contributed by atoms with Crippen molar-refractivity contribution in [1.29, 1.82) is 0 Å². The molecule has 17 heteroatoms. The van der Waals surface area contributed by atoms with Gasteiger partial charge < -0.3 is 24.5 Å². The van der Waals surface area contributed by atoms with Gasteiger partial charge in [-0.25, -0.2) is 9.36 Å². The van der Waals surface area contributed by atoms with E-state index in [9.17, 15) is 18.9 Å². The first kappa shape index (κ1) is 44.1. The molecule has 296 valence electrons. The molecule has 1 aromatic heterocycles. The average Bonchev–Trinajstić information content (AvgIpc) is 3.27. The van der Waals surface area contributed by atoms with E-state index in [4.69, 9.17) is 32.3 Å². The molecule has 1 aliphatic rings. The van der Waals surface area contributed by atoms with Gasteiger partial charge in [0.25, 0.3) is 0 Å². The number of nitrogens with one attached hydrogen (secondary N) is 1. The molecule has 14 nitrogen and oxygen atoms in total. The molecular formula is C35H61N4O10PSSi. The van der Waals surface area contributed by atoms with Crippen LogP contribution in [0.5, 0.6) is 5.75 Å². The van der Waals surface area contributed by atoms with Crippen molar-refractivity contribution in [1.82, 2.24) is 14.6 Å². The molecule has 5 atom stereocenters. The summed E-state index contributed by atoms with van der Waals surface area (Å²) in [6.45, 7) is 24.2. The summed E-state index contributed by atoms with van der Waals surface area (Å²) in [4.78, 5) is 42.1. The number of hydrogen-bond donors (Lipinski definition) is 3. The van der Waals surface area contributed by atoms with Crippen LogP contribution in [0.2, 0.25) is 11.1 Å². The third kappa shape index (κ3) is 10.1. The highest BCUT2D eigenvalue weighted by molar-refractivity contribution is 8.27. The molecule has 2 aromatic rings. The molecule has 0 amide bonds. The lowest BCUT2D eigenvalue weighted by atomic mass is 9.84. The monoisotopic (exact) mass is 788 g/mol. The highest BCUT2D eigenvalue weighted by Gasteiger charge is 2.58. The molecular weight excluding hydrogens is 728 g/mol. The van der Waals surface area contributed by atoms with Crippen molar-refractivity contribution in [2.75, 3.05) is 12.3 Å². The minimum absolute atomic E-state index is 0.0583. The molecule has 1 aliphatic heterocycles. The van der Waals surface area contributed by atoms with Gasteiger partial charge in [0.15, 0.2) is 0 Å². The van der Waals surface area contributed by atoms with Gasteiger partial charge in [-0.1, -0.05) is 59.7 Å². The van der Waals surface area contributed by atoms with Crippen molar-refractivity contribution < 1.29 is 40.7 Å². The zero-order chi connectivity index (χ0) is 39.4. The van der Waals surface area contributed by atoms with Gasteiger partial charge in [0.1, 0.15) is 36.0 Å². The highest BCUT2D eigenvalue weighted by Crippen LogP contribution is 2.65. The summed E-state index contributed by atoms with van der Waals surface area (Å²) in [5.41, 5.74) is 3.96. The van der Waals surface area contributed by atoms with E-state index >= 15 is 0 Å². The molecule has 0 bridgehead atoms. The van der Waals surface area contributed by atoms with Crippen LogP contribution in [0.25, 0.3) is 0 Å². The third-order valence-electron chi connectivity index (χ3n) is 9.04. The summed E-state index contributed by atoms with van der Waals surface area (Å²) in [6.07, 6.45) is -1.63. The van der Waals surface area contributed by atoms with Crippen molar-refractivity contribution in [2.45, 2.75) is 142 Å². The van der Waals surface area contributed by atoms with Crippen LogP contribution in [0.3, 0.4) is 0 Å². The Morgan fingerprint density at radius 1 is 1.04 bits per heavy atom. The van der Waals surface area contributed by atoms with Gasteiger partial charge >= 0.3 is 28.0 Å². The molecule has 0 saturated carbocycles. The van der Waals surface area contributed by atoms with Crippen molar-refractivity contribution in [3.8, 4) is 5.75 Å². The van der Waals surface area contributed by atoms with Crippen LogP contribution in [0.15, 0.2) is 47.4 Å². The molecule has 1 fully saturated rings. The zero-order valence-electron chi connectivity index (χ0n) is 32.9. The Balaban J connectivity index is 2.14. The van der Waals surface area contributed by atoms with E-state index in [-0.39, 0.29) is 39.8 Å². The van der Waals surface area contributed by atoms with Crippen molar-refractivity contribution in [3.05, 3.63) is 53.1 Å². The smallest absolute Gasteiger partial charge is 0.459 e. The van der Waals surface area contributed by atoms with Gasteiger partial charge in [0, 0.05) is 22.1 Å². The number of benzene rings is 1. The molecule has 52 heavy (non-hydrogen) atoms. The van der Waals surface area contributed by atoms with Crippen molar-refractivity contribution in [3.63, 3.8) is 0 Å². The van der Waals surface area contributed by atoms with E-state index in [1.165, 1.54) is 23.8 Å². The number of para-hydroxylation sites is 1. The maximum atomic E-state index is 14.5. The summed E-state index contributed by atoms with van der Waals surface area (Å²) < 4.78 is 54.1. The Kier molecular flexibility index (Phi) is 14.8. The fourth-order valence-corrected chi connectivity index (χ4v) is 16.1. The summed E-state index contributed by atoms with van der Waals surface area (Å²) in [5.74, 6) is -0.344. The predicted octanol–water partition coefficient (Wildman–Crippen LogP) is 6.99. The lowest BCUT2D eigenvalue weighted by Gasteiger charge is -2.57. The van der Waals surface area contributed by atoms with Gasteiger partial charge in [0.05, 0.1) is 12.7 Å². The number of aromatic nitrogens is 2. The van der Waals surface area contributed by atoms with Crippen LogP contribution in [-0.4, -0.2) is 70.3 Å². The molecule has 1 saturated heterocycles. The third-order valence-corrected chi connectivity index (χ3v) is 19.2. The SMILES string of the molecule is CC(C)OC(=O)C(C)NP(=O)(OCC1OC(n2ccc(N)nc2=O)C(C)(C)C1OS(O[Si](O)(C(C)C)C(C)C)(C(C)C)C(C)C)Oc1ccccc1. The zero-order valence-corrected chi connectivity index (χ0v) is 35.6.